The lowest BCUT2D eigenvalue weighted by atomic mass is 9.73. The molecule has 1 aromatic carbocycles. The summed E-state index contributed by atoms with van der Waals surface area (Å²) in [5.74, 6) is 1.26. The average Bonchev–Trinajstić information content (AvgIpc) is 2.69. The van der Waals surface area contributed by atoms with Crippen LogP contribution in [0.5, 0.6) is 0 Å². The number of amides is 1. The highest BCUT2D eigenvalue weighted by molar-refractivity contribution is 6.30. The van der Waals surface area contributed by atoms with Crippen LogP contribution in [-0.2, 0) is 10.2 Å². The highest BCUT2D eigenvalue weighted by atomic mass is 35.5. The van der Waals surface area contributed by atoms with Crippen LogP contribution >= 0.6 is 11.6 Å². The Morgan fingerprint density at radius 2 is 1.96 bits per heavy atom. The van der Waals surface area contributed by atoms with E-state index in [1.54, 1.807) is 7.05 Å². The maximum absolute atomic E-state index is 10.8. The molecule has 1 aliphatic heterocycles. The number of halogens is 1. The third-order valence-corrected chi connectivity index (χ3v) is 5.39. The Kier molecular flexibility index (Phi) is 5.58. The number of carbonyl (C=O) groups is 1. The van der Waals surface area contributed by atoms with Crippen molar-refractivity contribution in [2.45, 2.75) is 18.3 Å². The summed E-state index contributed by atoms with van der Waals surface area (Å²) < 4.78 is 0. The standard InChI is InChI=1S/C18H23ClN6O/c1-21-15-16(24-12-26)22-11-23-17(15)25-8-6-18(10-20,7-9-25)13-2-4-14(19)5-3-13/h2-5,11-12,21H,6-10,20H2,1H3,(H,22,23,24,26). The number of hydrogen-bond acceptors (Lipinski definition) is 6. The Hall–Kier alpha value is -2.38. The van der Waals surface area contributed by atoms with Gasteiger partial charge >= 0.3 is 0 Å². The number of nitrogens with zero attached hydrogens (tertiary/aromatic N) is 3. The molecule has 2 heterocycles. The normalized spacial score (nSPS) is 16.2. The third-order valence-electron chi connectivity index (χ3n) is 5.14. The van der Waals surface area contributed by atoms with Gasteiger partial charge in [0.05, 0.1) is 0 Å². The summed E-state index contributed by atoms with van der Waals surface area (Å²) in [6.07, 6.45) is 3.90. The Morgan fingerprint density at radius 1 is 1.27 bits per heavy atom. The molecule has 0 spiro atoms. The van der Waals surface area contributed by atoms with Crippen LogP contribution in [-0.4, -0.2) is 43.1 Å². The van der Waals surface area contributed by atoms with Gasteiger partial charge in [0.1, 0.15) is 12.0 Å². The average molecular weight is 375 g/mol. The number of piperidine rings is 1. The maximum atomic E-state index is 10.8. The van der Waals surface area contributed by atoms with Crippen molar-refractivity contribution in [1.82, 2.24) is 9.97 Å². The number of anilines is 3. The predicted octanol–water partition coefficient (Wildman–Crippen LogP) is 2.24. The molecule has 1 amide bonds. The summed E-state index contributed by atoms with van der Waals surface area (Å²) in [5.41, 5.74) is 8.06. The van der Waals surface area contributed by atoms with Crippen molar-refractivity contribution < 1.29 is 4.79 Å². The number of rotatable bonds is 6. The second-order valence-corrected chi connectivity index (χ2v) is 6.85. The number of nitrogens with one attached hydrogen (secondary N) is 2. The van der Waals surface area contributed by atoms with Gasteiger partial charge in [0, 0.05) is 37.1 Å². The lowest BCUT2D eigenvalue weighted by Crippen LogP contribution is -2.47. The van der Waals surface area contributed by atoms with E-state index < -0.39 is 0 Å². The fourth-order valence-corrected chi connectivity index (χ4v) is 3.70. The molecule has 1 saturated heterocycles. The van der Waals surface area contributed by atoms with Crippen LogP contribution in [0.1, 0.15) is 18.4 Å². The minimum Gasteiger partial charge on any atom is -0.382 e. The van der Waals surface area contributed by atoms with E-state index in [2.05, 4.69) is 37.6 Å². The van der Waals surface area contributed by atoms with Gasteiger partial charge in [-0.05, 0) is 30.5 Å². The minimum absolute atomic E-state index is 0.0577. The second kappa shape index (κ2) is 7.88. The van der Waals surface area contributed by atoms with Crippen molar-refractivity contribution in [1.29, 1.82) is 0 Å². The van der Waals surface area contributed by atoms with Crippen LogP contribution in [0.15, 0.2) is 30.6 Å². The molecule has 3 rings (SSSR count). The topological polar surface area (TPSA) is 96.2 Å². The van der Waals surface area contributed by atoms with Crippen molar-refractivity contribution in [3.05, 3.63) is 41.2 Å². The zero-order valence-corrected chi connectivity index (χ0v) is 15.5. The van der Waals surface area contributed by atoms with Crippen LogP contribution in [0.25, 0.3) is 0 Å². The summed E-state index contributed by atoms with van der Waals surface area (Å²) in [6, 6.07) is 7.98. The van der Waals surface area contributed by atoms with Gasteiger partial charge in [0.15, 0.2) is 11.6 Å². The lowest BCUT2D eigenvalue weighted by Gasteiger charge is -2.42. The molecule has 0 unspecified atom stereocenters. The molecule has 0 saturated carbocycles. The fourth-order valence-electron chi connectivity index (χ4n) is 3.57. The summed E-state index contributed by atoms with van der Waals surface area (Å²) in [7, 11) is 1.79. The monoisotopic (exact) mass is 374 g/mol. The first-order chi connectivity index (χ1) is 12.6. The fraction of sp³-hybridized carbons (Fsp3) is 0.389. The van der Waals surface area contributed by atoms with Gasteiger partial charge in [-0.3, -0.25) is 4.79 Å². The predicted molar refractivity (Wildman–Crippen MR) is 105 cm³/mol. The SMILES string of the molecule is CNc1c(NC=O)ncnc1N1CCC(CN)(c2ccc(Cl)cc2)CC1. The zero-order valence-electron chi connectivity index (χ0n) is 14.7. The number of carbonyl (C=O) groups excluding carboxylic acids is 1. The number of aromatic nitrogens is 2. The van der Waals surface area contributed by atoms with Crippen LogP contribution in [0.4, 0.5) is 17.3 Å². The Balaban J connectivity index is 1.82. The summed E-state index contributed by atoms with van der Waals surface area (Å²) in [4.78, 5) is 21.5. The highest BCUT2D eigenvalue weighted by Crippen LogP contribution is 2.38. The molecule has 0 atom stereocenters. The molecule has 1 aliphatic rings. The van der Waals surface area contributed by atoms with E-state index in [1.807, 2.05) is 12.1 Å². The minimum atomic E-state index is -0.0577. The molecule has 1 fully saturated rings. The van der Waals surface area contributed by atoms with Gasteiger partial charge in [-0.2, -0.15) is 0 Å². The molecule has 4 N–H and O–H groups in total. The van der Waals surface area contributed by atoms with Crippen LogP contribution < -0.4 is 21.3 Å². The van der Waals surface area contributed by atoms with Gasteiger partial charge in [-0.1, -0.05) is 23.7 Å². The molecule has 0 aliphatic carbocycles. The van der Waals surface area contributed by atoms with E-state index >= 15 is 0 Å². The van der Waals surface area contributed by atoms with Crippen molar-refractivity contribution in [2.24, 2.45) is 5.73 Å². The van der Waals surface area contributed by atoms with Gasteiger partial charge in [-0.25, -0.2) is 9.97 Å². The largest absolute Gasteiger partial charge is 0.382 e. The Bertz CT molecular complexity index is 759. The van der Waals surface area contributed by atoms with Gasteiger partial charge in [0.2, 0.25) is 6.41 Å². The summed E-state index contributed by atoms with van der Waals surface area (Å²) >= 11 is 6.02. The first-order valence-electron chi connectivity index (χ1n) is 8.57. The molecule has 8 heteroatoms. The Labute approximate surface area is 158 Å². The van der Waals surface area contributed by atoms with E-state index in [1.165, 1.54) is 11.9 Å². The van der Waals surface area contributed by atoms with Gasteiger partial charge in [0.25, 0.3) is 0 Å². The van der Waals surface area contributed by atoms with Crippen molar-refractivity contribution in [2.75, 3.05) is 42.2 Å². The molecule has 0 radical (unpaired) electrons. The van der Waals surface area contributed by atoms with Crippen molar-refractivity contribution in [3.63, 3.8) is 0 Å². The van der Waals surface area contributed by atoms with Crippen LogP contribution in [0, 0.1) is 0 Å². The number of nitrogens with two attached hydrogens (primary N) is 1. The van der Waals surface area contributed by atoms with Crippen molar-refractivity contribution >= 4 is 35.3 Å². The Morgan fingerprint density at radius 3 is 2.54 bits per heavy atom. The van der Waals surface area contributed by atoms with E-state index in [4.69, 9.17) is 17.3 Å². The maximum Gasteiger partial charge on any atom is 0.212 e. The summed E-state index contributed by atoms with van der Waals surface area (Å²) in [5, 5.41) is 6.43. The molecule has 1 aromatic heterocycles. The quantitative estimate of drug-likeness (QED) is 0.671. The smallest absolute Gasteiger partial charge is 0.212 e. The van der Waals surface area contributed by atoms with Crippen molar-refractivity contribution in [3.8, 4) is 0 Å². The van der Waals surface area contributed by atoms with Gasteiger partial charge in [-0.15, -0.1) is 0 Å². The molecule has 7 nitrogen and oxygen atoms in total. The lowest BCUT2D eigenvalue weighted by molar-refractivity contribution is -0.105. The first kappa shape index (κ1) is 18.4. The molecular formula is C18H23ClN6O. The second-order valence-electron chi connectivity index (χ2n) is 6.41. The highest BCUT2D eigenvalue weighted by Gasteiger charge is 2.36. The third kappa shape index (κ3) is 3.45. The van der Waals surface area contributed by atoms with E-state index in [0.717, 1.165) is 36.8 Å². The number of hydrogen-bond donors (Lipinski definition) is 3. The molecule has 26 heavy (non-hydrogen) atoms. The van der Waals surface area contributed by atoms with Gasteiger partial charge < -0.3 is 21.3 Å². The number of benzene rings is 1. The molecule has 2 aromatic rings. The summed E-state index contributed by atoms with van der Waals surface area (Å²) in [6.45, 7) is 2.21. The molecule has 0 bridgehead atoms. The van der Waals surface area contributed by atoms with E-state index in [9.17, 15) is 4.79 Å². The molecular weight excluding hydrogens is 352 g/mol. The van der Waals surface area contributed by atoms with Crippen LogP contribution in [0.2, 0.25) is 5.02 Å². The molecule has 138 valence electrons. The van der Waals surface area contributed by atoms with Crippen LogP contribution in [0.3, 0.4) is 0 Å². The van der Waals surface area contributed by atoms with E-state index in [-0.39, 0.29) is 5.41 Å². The van der Waals surface area contributed by atoms with E-state index in [0.29, 0.717) is 24.5 Å². The zero-order chi connectivity index (χ0) is 18.6. The first-order valence-corrected chi connectivity index (χ1v) is 8.95.